The molecule has 0 aliphatic carbocycles. The molecule has 0 radical (unpaired) electrons. The van der Waals surface area contributed by atoms with Gasteiger partial charge in [0, 0.05) is 17.8 Å². The van der Waals surface area contributed by atoms with E-state index in [0.29, 0.717) is 0 Å². The summed E-state index contributed by atoms with van der Waals surface area (Å²) in [5, 5.41) is 0. The second kappa shape index (κ2) is 5.22. The van der Waals surface area contributed by atoms with Gasteiger partial charge in [-0.2, -0.15) is 0 Å². The Morgan fingerprint density at radius 2 is 1.75 bits per heavy atom. The molecule has 20 heavy (non-hydrogen) atoms. The number of nitrogens with zero attached hydrogens (tertiary/aromatic N) is 1. The maximum Gasteiger partial charge on any atom is 0.487 e. The monoisotopic (exact) mass is 275 g/mol. The van der Waals surface area contributed by atoms with E-state index in [-0.39, 0.29) is 18.3 Å². The number of aromatic nitrogens is 1. The minimum absolute atomic E-state index is 0.320. The summed E-state index contributed by atoms with van der Waals surface area (Å²) in [5.74, 6) is 2.68. The molecule has 108 valence electrons. The Morgan fingerprint density at radius 3 is 2.30 bits per heavy atom. The standard InChI is InChI=1S/C15H22BNO3/c1-11-9-13(18-6)10-12(17-11)7-8-16-19-14(2,3)15(4,5)20-16/h7-10H,1-6H3/b8-7+. The average Bonchev–Trinajstić information content (AvgIpc) is 2.54. The summed E-state index contributed by atoms with van der Waals surface area (Å²) in [6.07, 6.45) is 1.90. The highest BCUT2D eigenvalue weighted by Crippen LogP contribution is 2.37. The molecule has 1 aliphatic rings. The first kappa shape index (κ1) is 15.1. The van der Waals surface area contributed by atoms with Gasteiger partial charge in [0.1, 0.15) is 5.75 Å². The zero-order valence-corrected chi connectivity index (χ0v) is 13.1. The first-order valence-electron chi connectivity index (χ1n) is 6.80. The second-order valence-corrected chi connectivity index (χ2v) is 6.06. The molecule has 5 heteroatoms. The minimum Gasteiger partial charge on any atom is -0.497 e. The number of rotatable bonds is 3. The van der Waals surface area contributed by atoms with Gasteiger partial charge < -0.3 is 14.0 Å². The molecule has 2 rings (SSSR count). The van der Waals surface area contributed by atoms with Gasteiger partial charge in [-0.05, 0) is 40.7 Å². The zero-order chi connectivity index (χ0) is 15.0. The summed E-state index contributed by atoms with van der Waals surface area (Å²) < 4.78 is 17.0. The van der Waals surface area contributed by atoms with Crippen molar-refractivity contribution in [2.24, 2.45) is 0 Å². The quantitative estimate of drug-likeness (QED) is 0.795. The van der Waals surface area contributed by atoms with Crippen LogP contribution in [0.3, 0.4) is 0 Å². The largest absolute Gasteiger partial charge is 0.497 e. The van der Waals surface area contributed by atoms with Crippen molar-refractivity contribution in [1.29, 1.82) is 0 Å². The fourth-order valence-electron chi connectivity index (χ4n) is 2.01. The Labute approximate surface area is 121 Å². The SMILES string of the molecule is COc1cc(C)nc(/C=C/B2OC(C)(C)C(C)(C)O2)c1. The van der Waals surface area contributed by atoms with Crippen LogP contribution >= 0.6 is 0 Å². The van der Waals surface area contributed by atoms with E-state index in [1.54, 1.807) is 7.11 Å². The van der Waals surface area contributed by atoms with Crippen molar-refractivity contribution in [2.75, 3.05) is 7.11 Å². The molecule has 1 saturated heterocycles. The molecular weight excluding hydrogens is 253 g/mol. The summed E-state index contributed by atoms with van der Waals surface area (Å²) in [6, 6.07) is 3.78. The van der Waals surface area contributed by atoms with Crippen molar-refractivity contribution in [1.82, 2.24) is 4.98 Å². The lowest BCUT2D eigenvalue weighted by Gasteiger charge is -2.32. The third-order valence-corrected chi connectivity index (χ3v) is 3.88. The van der Waals surface area contributed by atoms with E-state index in [1.165, 1.54) is 0 Å². The van der Waals surface area contributed by atoms with E-state index >= 15 is 0 Å². The summed E-state index contributed by atoms with van der Waals surface area (Å²) in [5.41, 5.74) is 1.11. The summed E-state index contributed by atoms with van der Waals surface area (Å²) in [7, 11) is 1.30. The van der Waals surface area contributed by atoms with Crippen LogP contribution < -0.4 is 4.74 Å². The summed E-state index contributed by atoms with van der Waals surface area (Å²) in [4.78, 5) is 4.44. The van der Waals surface area contributed by atoms with E-state index in [2.05, 4.69) is 4.98 Å². The van der Waals surface area contributed by atoms with Crippen LogP contribution in [0.2, 0.25) is 0 Å². The fraction of sp³-hybridized carbons (Fsp3) is 0.533. The second-order valence-electron chi connectivity index (χ2n) is 6.06. The van der Waals surface area contributed by atoms with Gasteiger partial charge >= 0.3 is 7.12 Å². The molecule has 0 amide bonds. The molecular formula is C15H22BNO3. The topological polar surface area (TPSA) is 40.6 Å². The summed E-state index contributed by atoms with van der Waals surface area (Å²) in [6.45, 7) is 10.1. The molecule has 0 unspecified atom stereocenters. The van der Waals surface area contributed by atoms with Crippen LogP contribution in [0, 0.1) is 6.92 Å². The van der Waals surface area contributed by atoms with Gasteiger partial charge in [0.05, 0.1) is 24.0 Å². The normalized spacial score (nSPS) is 20.6. The zero-order valence-electron chi connectivity index (χ0n) is 13.1. The molecule has 1 aromatic heterocycles. The third-order valence-electron chi connectivity index (χ3n) is 3.88. The van der Waals surface area contributed by atoms with Gasteiger partial charge in [-0.25, -0.2) is 0 Å². The van der Waals surface area contributed by atoms with Crippen LogP contribution in [0.15, 0.2) is 18.1 Å². The number of hydrogen-bond acceptors (Lipinski definition) is 4. The Balaban J connectivity index is 2.13. The number of methoxy groups -OCH3 is 1. The van der Waals surface area contributed by atoms with E-state index in [9.17, 15) is 0 Å². The molecule has 0 N–H and O–H groups in total. The Morgan fingerprint density at radius 1 is 1.15 bits per heavy atom. The van der Waals surface area contributed by atoms with Crippen LogP contribution in [0.4, 0.5) is 0 Å². The van der Waals surface area contributed by atoms with E-state index in [0.717, 1.165) is 17.1 Å². The summed E-state index contributed by atoms with van der Waals surface area (Å²) >= 11 is 0. The van der Waals surface area contributed by atoms with E-state index in [4.69, 9.17) is 14.0 Å². The molecule has 0 spiro atoms. The Bertz CT molecular complexity index is 510. The van der Waals surface area contributed by atoms with Gasteiger partial charge in [-0.1, -0.05) is 5.98 Å². The number of hydrogen-bond donors (Lipinski definition) is 0. The van der Waals surface area contributed by atoms with Crippen LogP contribution in [0.1, 0.15) is 39.1 Å². The van der Waals surface area contributed by atoms with Crippen LogP contribution in [0.5, 0.6) is 5.75 Å². The third kappa shape index (κ3) is 3.05. The average molecular weight is 275 g/mol. The Kier molecular flexibility index (Phi) is 3.94. The molecule has 0 saturated carbocycles. The minimum atomic E-state index is -0.353. The van der Waals surface area contributed by atoms with Crippen LogP contribution in [0.25, 0.3) is 6.08 Å². The molecule has 0 atom stereocenters. The maximum absolute atomic E-state index is 5.90. The highest BCUT2D eigenvalue weighted by molar-refractivity contribution is 6.52. The maximum atomic E-state index is 5.90. The number of aryl methyl sites for hydroxylation is 1. The molecule has 2 heterocycles. The van der Waals surface area contributed by atoms with Gasteiger partial charge in [0.2, 0.25) is 0 Å². The van der Waals surface area contributed by atoms with E-state index < -0.39 is 0 Å². The lowest BCUT2D eigenvalue weighted by Crippen LogP contribution is -2.41. The van der Waals surface area contributed by atoms with Crippen molar-refractivity contribution in [3.63, 3.8) is 0 Å². The van der Waals surface area contributed by atoms with Crippen molar-refractivity contribution in [2.45, 2.75) is 45.8 Å². The highest BCUT2D eigenvalue weighted by atomic mass is 16.7. The van der Waals surface area contributed by atoms with Crippen molar-refractivity contribution < 1.29 is 14.0 Å². The van der Waals surface area contributed by atoms with Gasteiger partial charge in [0.25, 0.3) is 0 Å². The first-order chi connectivity index (χ1) is 9.23. The van der Waals surface area contributed by atoms with Crippen molar-refractivity contribution in [3.8, 4) is 5.75 Å². The van der Waals surface area contributed by atoms with Gasteiger partial charge in [0.15, 0.2) is 0 Å². The molecule has 0 bridgehead atoms. The smallest absolute Gasteiger partial charge is 0.487 e. The highest BCUT2D eigenvalue weighted by Gasteiger charge is 2.49. The molecule has 1 aromatic rings. The molecule has 4 nitrogen and oxygen atoms in total. The van der Waals surface area contributed by atoms with Crippen LogP contribution in [-0.2, 0) is 9.31 Å². The first-order valence-corrected chi connectivity index (χ1v) is 6.80. The molecule has 1 fully saturated rings. The van der Waals surface area contributed by atoms with Crippen molar-refractivity contribution >= 4 is 13.2 Å². The molecule has 1 aliphatic heterocycles. The number of ether oxygens (including phenoxy) is 1. The van der Waals surface area contributed by atoms with E-state index in [1.807, 2.05) is 58.8 Å². The fourth-order valence-corrected chi connectivity index (χ4v) is 2.01. The van der Waals surface area contributed by atoms with Gasteiger partial charge in [-0.3, -0.25) is 4.98 Å². The van der Waals surface area contributed by atoms with Crippen molar-refractivity contribution in [3.05, 3.63) is 29.5 Å². The molecule has 0 aromatic carbocycles. The lowest BCUT2D eigenvalue weighted by molar-refractivity contribution is 0.00578. The predicted octanol–water partition coefficient (Wildman–Crippen LogP) is 3.04. The van der Waals surface area contributed by atoms with Crippen LogP contribution in [-0.4, -0.2) is 30.4 Å². The van der Waals surface area contributed by atoms with Gasteiger partial charge in [-0.15, -0.1) is 0 Å². The Hall–Kier alpha value is -1.33. The number of pyridine rings is 1. The predicted molar refractivity (Wildman–Crippen MR) is 80.6 cm³/mol. The lowest BCUT2D eigenvalue weighted by atomic mass is 9.89.